The van der Waals surface area contributed by atoms with Crippen LogP contribution in [-0.2, 0) is 4.79 Å². The van der Waals surface area contributed by atoms with E-state index in [0.717, 1.165) is 38.5 Å². The fraction of sp³-hybridized carbons (Fsp3) is 0.722. The van der Waals surface area contributed by atoms with Gasteiger partial charge in [-0.05, 0) is 62.7 Å². The van der Waals surface area contributed by atoms with E-state index < -0.39 is 0 Å². The highest BCUT2D eigenvalue weighted by Gasteiger charge is 2.26. The predicted molar refractivity (Wildman–Crippen MR) is 110 cm³/mol. The van der Waals surface area contributed by atoms with Gasteiger partial charge in [-0.25, -0.2) is 0 Å². The number of nitrogens with one attached hydrogen (secondary N) is 2. The second-order valence-electron chi connectivity index (χ2n) is 7.05. The molecule has 0 aliphatic carbocycles. The maximum absolute atomic E-state index is 12.2. The number of hydrogen-bond donors (Lipinski definition) is 2. The summed E-state index contributed by atoms with van der Waals surface area (Å²) in [4.78, 5) is 16.2. The Kier molecular flexibility index (Phi) is 10.4. The molecule has 0 bridgehead atoms. The van der Waals surface area contributed by atoms with E-state index in [4.69, 9.17) is 0 Å². The summed E-state index contributed by atoms with van der Waals surface area (Å²) in [5.74, 6) is 1.02. The Balaban J connectivity index is 0.00000156. The maximum atomic E-state index is 12.2. The van der Waals surface area contributed by atoms with E-state index in [1.807, 2.05) is 0 Å². The molecule has 1 amide bonds. The van der Waals surface area contributed by atoms with Crippen LogP contribution in [0.5, 0.6) is 0 Å². The van der Waals surface area contributed by atoms with Crippen LogP contribution in [0.1, 0.15) is 49.9 Å². The van der Waals surface area contributed by atoms with Crippen molar-refractivity contribution in [2.75, 3.05) is 26.2 Å². The van der Waals surface area contributed by atoms with Crippen LogP contribution >= 0.6 is 36.2 Å². The Bertz CT molecular complexity index is 487. The van der Waals surface area contributed by atoms with E-state index in [2.05, 4.69) is 40.0 Å². The van der Waals surface area contributed by atoms with Gasteiger partial charge in [-0.2, -0.15) is 0 Å². The first-order valence-electron chi connectivity index (χ1n) is 9.00. The van der Waals surface area contributed by atoms with Crippen molar-refractivity contribution < 1.29 is 4.79 Å². The fourth-order valence-corrected chi connectivity index (χ4v) is 4.53. The van der Waals surface area contributed by atoms with Gasteiger partial charge >= 0.3 is 0 Å². The fourth-order valence-electron chi connectivity index (χ4n) is 3.67. The lowest BCUT2D eigenvalue weighted by molar-refractivity contribution is -0.121. The van der Waals surface area contributed by atoms with Crippen molar-refractivity contribution in [2.24, 2.45) is 5.92 Å². The summed E-state index contributed by atoms with van der Waals surface area (Å²) < 4.78 is 0. The van der Waals surface area contributed by atoms with Crippen molar-refractivity contribution in [3.63, 3.8) is 0 Å². The molecule has 2 fully saturated rings. The van der Waals surface area contributed by atoms with Gasteiger partial charge in [-0.15, -0.1) is 36.2 Å². The van der Waals surface area contributed by atoms with E-state index in [1.165, 1.54) is 24.1 Å². The number of piperidine rings is 1. The van der Waals surface area contributed by atoms with Gasteiger partial charge in [-0.1, -0.05) is 13.0 Å². The smallest absolute Gasteiger partial charge is 0.221 e. The average molecular weight is 408 g/mol. The number of hydrogen-bond acceptors (Lipinski definition) is 4. The van der Waals surface area contributed by atoms with Crippen molar-refractivity contribution in [3.8, 4) is 0 Å². The lowest BCUT2D eigenvalue weighted by Gasteiger charge is -2.36. The van der Waals surface area contributed by atoms with Crippen molar-refractivity contribution in [1.82, 2.24) is 15.5 Å². The minimum atomic E-state index is 0. The molecule has 2 unspecified atom stereocenters. The molecule has 2 saturated heterocycles. The van der Waals surface area contributed by atoms with Crippen molar-refractivity contribution in [2.45, 2.75) is 51.1 Å². The Hall–Kier alpha value is -0.330. The van der Waals surface area contributed by atoms with Gasteiger partial charge in [0.15, 0.2) is 0 Å². The second-order valence-corrected chi connectivity index (χ2v) is 8.03. The molecule has 3 rings (SSSR count). The van der Waals surface area contributed by atoms with Crippen LogP contribution in [0.3, 0.4) is 0 Å². The molecule has 7 heteroatoms. The summed E-state index contributed by atoms with van der Waals surface area (Å²) in [6, 6.07) is 5.04. The number of thiophene rings is 1. The monoisotopic (exact) mass is 407 g/mol. The molecule has 144 valence electrons. The highest BCUT2D eigenvalue weighted by Crippen LogP contribution is 2.29. The number of carbonyl (C=O) groups excluding carboxylic acids is 1. The topological polar surface area (TPSA) is 44.4 Å². The molecule has 2 atom stereocenters. The number of rotatable bonds is 6. The lowest BCUT2D eigenvalue weighted by atomic mass is 9.97. The van der Waals surface area contributed by atoms with Crippen LogP contribution in [0.2, 0.25) is 0 Å². The zero-order valence-corrected chi connectivity index (χ0v) is 17.4. The molecule has 0 radical (unpaired) electrons. The van der Waals surface area contributed by atoms with Gasteiger partial charge in [0.1, 0.15) is 0 Å². The van der Waals surface area contributed by atoms with Gasteiger partial charge in [-0.3, -0.25) is 9.69 Å². The standard InChI is InChI=1S/C18H29N3OS.2ClH/c1-14-6-9-21(10-7-14)16(17-5-3-11-23-17)13-20-18(22)12-15-4-2-8-19-15;;/h3,5,11,14-16,19H,2,4,6-10,12-13H2,1H3,(H,20,22);2*1H. The SMILES string of the molecule is CC1CCN(C(CNC(=O)CC2CCCN2)c2cccs2)CC1.Cl.Cl. The summed E-state index contributed by atoms with van der Waals surface area (Å²) in [5, 5.41) is 8.73. The van der Waals surface area contributed by atoms with E-state index in [-0.39, 0.29) is 30.7 Å². The molecule has 2 N–H and O–H groups in total. The molecule has 1 aromatic rings. The van der Waals surface area contributed by atoms with Crippen molar-refractivity contribution in [3.05, 3.63) is 22.4 Å². The van der Waals surface area contributed by atoms with Crippen LogP contribution in [0.25, 0.3) is 0 Å². The normalized spacial score (nSPS) is 22.7. The largest absolute Gasteiger partial charge is 0.354 e. The van der Waals surface area contributed by atoms with Crippen LogP contribution in [0, 0.1) is 5.92 Å². The van der Waals surface area contributed by atoms with Crippen LogP contribution < -0.4 is 10.6 Å². The lowest BCUT2D eigenvalue weighted by Crippen LogP contribution is -2.42. The summed E-state index contributed by atoms with van der Waals surface area (Å²) >= 11 is 1.80. The third kappa shape index (κ3) is 6.72. The van der Waals surface area contributed by atoms with Gasteiger partial charge in [0.25, 0.3) is 0 Å². The molecule has 4 nitrogen and oxygen atoms in total. The number of amides is 1. The molecule has 3 heterocycles. The first kappa shape index (κ1) is 22.7. The summed E-state index contributed by atoms with van der Waals surface area (Å²) in [5.41, 5.74) is 0. The third-order valence-electron chi connectivity index (χ3n) is 5.22. The Morgan fingerprint density at radius 1 is 1.36 bits per heavy atom. The van der Waals surface area contributed by atoms with Crippen molar-refractivity contribution >= 4 is 42.1 Å². The minimum absolute atomic E-state index is 0. The molecule has 0 aromatic carbocycles. The highest BCUT2D eigenvalue weighted by atomic mass is 35.5. The number of nitrogens with zero attached hydrogens (tertiary/aromatic N) is 1. The summed E-state index contributed by atoms with van der Waals surface area (Å²) in [7, 11) is 0. The van der Waals surface area contributed by atoms with Crippen LogP contribution in [0.15, 0.2) is 17.5 Å². The molecule has 25 heavy (non-hydrogen) atoms. The summed E-state index contributed by atoms with van der Waals surface area (Å²) in [6.07, 6.45) is 5.48. The first-order chi connectivity index (χ1) is 11.2. The minimum Gasteiger partial charge on any atom is -0.354 e. The Morgan fingerprint density at radius 3 is 2.72 bits per heavy atom. The van der Waals surface area contributed by atoms with Crippen molar-refractivity contribution in [1.29, 1.82) is 0 Å². The van der Waals surface area contributed by atoms with E-state index >= 15 is 0 Å². The molecule has 2 aliphatic rings. The highest BCUT2D eigenvalue weighted by molar-refractivity contribution is 7.10. The second kappa shape index (κ2) is 11.4. The van der Waals surface area contributed by atoms with E-state index in [9.17, 15) is 4.79 Å². The van der Waals surface area contributed by atoms with Gasteiger partial charge < -0.3 is 10.6 Å². The van der Waals surface area contributed by atoms with Gasteiger partial charge in [0.2, 0.25) is 5.91 Å². The maximum Gasteiger partial charge on any atom is 0.221 e. The predicted octanol–water partition coefficient (Wildman–Crippen LogP) is 3.62. The number of carbonyl (C=O) groups is 1. The zero-order chi connectivity index (χ0) is 16.1. The third-order valence-corrected chi connectivity index (χ3v) is 6.19. The average Bonchev–Trinajstić information content (AvgIpc) is 3.23. The van der Waals surface area contributed by atoms with Gasteiger partial charge in [0.05, 0.1) is 6.04 Å². The Labute approximate surface area is 167 Å². The molecule has 1 aromatic heterocycles. The zero-order valence-electron chi connectivity index (χ0n) is 14.9. The molecular weight excluding hydrogens is 377 g/mol. The molecule has 0 saturated carbocycles. The van der Waals surface area contributed by atoms with Gasteiger partial charge in [0, 0.05) is 23.9 Å². The molecule has 2 aliphatic heterocycles. The van der Waals surface area contributed by atoms with Crippen LogP contribution in [-0.4, -0.2) is 43.0 Å². The molecular formula is C18H31Cl2N3OS. The van der Waals surface area contributed by atoms with E-state index in [0.29, 0.717) is 18.5 Å². The Morgan fingerprint density at radius 2 is 2.12 bits per heavy atom. The number of halogens is 2. The first-order valence-corrected chi connectivity index (χ1v) is 9.88. The van der Waals surface area contributed by atoms with E-state index in [1.54, 1.807) is 11.3 Å². The van der Waals surface area contributed by atoms with Crippen LogP contribution in [0.4, 0.5) is 0 Å². The molecule has 0 spiro atoms. The quantitative estimate of drug-likeness (QED) is 0.756. The number of likely N-dealkylation sites (tertiary alicyclic amines) is 1. The summed E-state index contributed by atoms with van der Waals surface area (Å²) in [6.45, 7) is 6.42.